The zero-order chi connectivity index (χ0) is 31.0. The number of hydrazone groups is 2. The molecule has 8 rings (SSSR count). The Morgan fingerprint density at radius 2 is 0.935 bits per heavy atom. The van der Waals surface area contributed by atoms with E-state index >= 15 is 0 Å². The van der Waals surface area contributed by atoms with Crippen LogP contribution in [-0.2, 0) is 0 Å². The molecule has 2 atom stereocenters. The summed E-state index contributed by atoms with van der Waals surface area (Å²) < 4.78 is 0. The third kappa shape index (κ3) is 6.47. The molecule has 0 bridgehead atoms. The molecule has 6 heteroatoms. The van der Waals surface area contributed by atoms with E-state index < -0.39 is 0 Å². The molecule has 2 aromatic heterocycles. The number of benzene rings is 4. The molecule has 0 radical (unpaired) electrons. The maximum atomic E-state index is 4.87. The summed E-state index contributed by atoms with van der Waals surface area (Å²) in [6.07, 6.45) is 5.37. The number of para-hydroxylation sites is 1. The highest BCUT2D eigenvalue weighted by atomic mass is 15.5. The lowest BCUT2D eigenvalue weighted by molar-refractivity contribution is 0.699. The first-order valence-electron chi connectivity index (χ1n) is 15.6. The number of aromatic nitrogens is 2. The number of pyridine rings is 2. The van der Waals surface area contributed by atoms with Crippen LogP contribution in [0.5, 0.6) is 0 Å². The van der Waals surface area contributed by atoms with Crippen molar-refractivity contribution in [2.24, 2.45) is 10.2 Å². The molecule has 0 saturated carbocycles. The molecule has 0 fully saturated rings. The lowest BCUT2D eigenvalue weighted by Crippen LogP contribution is -2.19. The summed E-state index contributed by atoms with van der Waals surface area (Å²) in [5.41, 5.74) is 7.89. The van der Waals surface area contributed by atoms with Gasteiger partial charge in [-0.05, 0) is 53.1 Å². The average molecular weight is 599 g/mol. The number of hydrogen-bond donors (Lipinski definition) is 0. The minimum absolute atomic E-state index is 0.182. The van der Waals surface area contributed by atoms with E-state index in [-0.39, 0.29) is 12.1 Å². The molecule has 0 aliphatic carbocycles. The van der Waals surface area contributed by atoms with Crippen molar-refractivity contribution in [2.45, 2.75) is 24.9 Å². The fourth-order valence-corrected chi connectivity index (χ4v) is 5.90. The van der Waals surface area contributed by atoms with Crippen LogP contribution < -0.4 is 10.0 Å². The van der Waals surface area contributed by atoms with Crippen molar-refractivity contribution < 1.29 is 0 Å². The molecule has 6 aromatic rings. The number of rotatable bonds is 6. The van der Waals surface area contributed by atoms with Gasteiger partial charge in [-0.15, -0.1) is 0 Å². The van der Waals surface area contributed by atoms with Crippen molar-refractivity contribution >= 4 is 22.9 Å². The third-order valence-corrected chi connectivity index (χ3v) is 8.16. The smallest absolute Gasteiger partial charge is 0.149 e. The number of hydrogen-bond acceptors (Lipinski definition) is 6. The highest BCUT2D eigenvalue weighted by Gasteiger charge is 2.31. The van der Waals surface area contributed by atoms with Crippen molar-refractivity contribution in [2.75, 3.05) is 10.0 Å². The van der Waals surface area contributed by atoms with Crippen molar-refractivity contribution in [1.82, 2.24) is 9.97 Å². The minimum Gasteiger partial charge on any atom is -0.257 e. The zero-order valence-electron chi connectivity index (χ0n) is 25.4. The summed E-state index contributed by atoms with van der Waals surface area (Å²) in [5, 5.41) is 13.9. The van der Waals surface area contributed by atoms with Crippen molar-refractivity contribution in [3.05, 3.63) is 193 Å². The van der Waals surface area contributed by atoms with Gasteiger partial charge in [0.05, 0.1) is 34.9 Å². The highest BCUT2D eigenvalue weighted by Crippen LogP contribution is 2.37. The predicted molar refractivity (Wildman–Crippen MR) is 187 cm³/mol. The van der Waals surface area contributed by atoms with Gasteiger partial charge in [0, 0.05) is 25.2 Å². The number of nitrogens with zero attached hydrogens (tertiary/aromatic N) is 6. The normalized spacial score (nSPS) is 17.1. The van der Waals surface area contributed by atoms with Crippen LogP contribution in [0, 0.1) is 0 Å². The summed E-state index contributed by atoms with van der Waals surface area (Å²) in [6.45, 7) is 0. The summed E-state index contributed by atoms with van der Waals surface area (Å²) in [4.78, 5) is 8.94. The van der Waals surface area contributed by atoms with Crippen LogP contribution in [0.1, 0.15) is 47.3 Å². The van der Waals surface area contributed by atoms with Crippen LogP contribution in [0.2, 0.25) is 0 Å². The first kappa shape index (κ1) is 28.9. The van der Waals surface area contributed by atoms with E-state index in [1.165, 1.54) is 16.7 Å². The molecule has 2 aliphatic rings. The molecule has 4 heterocycles. The Kier molecular flexibility index (Phi) is 8.68. The average Bonchev–Trinajstić information content (AvgIpc) is 3.81. The summed E-state index contributed by atoms with van der Waals surface area (Å²) in [7, 11) is 0. The molecule has 0 N–H and O–H groups in total. The lowest BCUT2D eigenvalue weighted by atomic mass is 9.98. The molecular weight excluding hydrogens is 564 g/mol. The zero-order valence-corrected chi connectivity index (χ0v) is 25.4. The Labute approximate surface area is 270 Å². The van der Waals surface area contributed by atoms with Crippen LogP contribution in [0.25, 0.3) is 0 Å². The van der Waals surface area contributed by atoms with Gasteiger partial charge in [-0.1, -0.05) is 121 Å². The first-order valence-corrected chi connectivity index (χ1v) is 15.6. The topological polar surface area (TPSA) is 57.0 Å². The molecular formula is C40H34N6. The standard InChI is InChI=1S/2C20H17N3/c1-3-9-16(10-4-1)18-15-19(17-11-5-2-6-12-17)23(22-18)20-13-7-8-14-21-20;1-3-9-16(10-4-1)20-15-19(18-13-7-8-14-21-18)22-23(20)17-11-5-2-6-12-17/h1-14,19H,15H2;1-14,20H,15H2. The molecule has 0 spiro atoms. The monoisotopic (exact) mass is 598 g/mol. The largest absolute Gasteiger partial charge is 0.257 e. The minimum atomic E-state index is 0.182. The molecule has 46 heavy (non-hydrogen) atoms. The summed E-state index contributed by atoms with van der Waals surface area (Å²) in [5.74, 6) is 0.882. The summed E-state index contributed by atoms with van der Waals surface area (Å²) in [6, 6.07) is 54.0. The van der Waals surface area contributed by atoms with Crippen molar-refractivity contribution in [3.63, 3.8) is 0 Å². The second kappa shape index (κ2) is 13.8. The Morgan fingerprint density at radius 3 is 1.52 bits per heavy atom. The van der Waals surface area contributed by atoms with Crippen LogP contribution in [-0.4, -0.2) is 21.4 Å². The van der Waals surface area contributed by atoms with E-state index in [4.69, 9.17) is 10.2 Å². The van der Waals surface area contributed by atoms with Gasteiger partial charge in [-0.2, -0.15) is 10.2 Å². The van der Waals surface area contributed by atoms with Gasteiger partial charge in [0.2, 0.25) is 0 Å². The van der Waals surface area contributed by atoms with Crippen LogP contribution in [0.15, 0.2) is 180 Å². The molecule has 4 aromatic carbocycles. The fourth-order valence-electron chi connectivity index (χ4n) is 5.90. The van der Waals surface area contributed by atoms with Crippen molar-refractivity contribution in [3.8, 4) is 0 Å². The Bertz CT molecular complexity index is 1740. The first-order chi connectivity index (χ1) is 22.8. The number of anilines is 2. The van der Waals surface area contributed by atoms with E-state index in [1.807, 2.05) is 90.2 Å². The predicted octanol–water partition coefficient (Wildman–Crippen LogP) is 8.87. The molecule has 0 saturated heterocycles. The van der Waals surface area contributed by atoms with E-state index in [0.717, 1.165) is 41.5 Å². The Hall–Kier alpha value is -5.88. The van der Waals surface area contributed by atoms with Gasteiger partial charge < -0.3 is 0 Å². The van der Waals surface area contributed by atoms with Gasteiger partial charge in [-0.25, -0.2) is 9.99 Å². The van der Waals surface area contributed by atoms with Gasteiger partial charge in [-0.3, -0.25) is 9.99 Å². The SMILES string of the molecule is c1ccc(C2=NN(c3ccccn3)C(c3ccccc3)C2)cc1.c1ccc(C2CC(c3ccccn3)=NN2c2ccccc2)cc1. The highest BCUT2D eigenvalue weighted by molar-refractivity contribution is 6.03. The van der Waals surface area contributed by atoms with Gasteiger partial charge in [0.25, 0.3) is 0 Å². The van der Waals surface area contributed by atoms with Crippen LogP contribution in [0.3, 0.4) is 0 Å². The van der Waals surface area contributed by atoms with E-state index in [9.17, 15) is 0 Å². The van der Waals surface area contributed by atoms with E-state index in [2.05, 4.69) is 99.9 Å². The second-order valence-corrected chi connectivity index (χ2v) is 11.1. The molecule has 2 unspecified atom stereocenters. The van der Waals surface area contributed by atoms with Crippen LogP contribution >= 0.6 is 0 Å². The van der Waals surface area contributed by atoms with Gasteiger partial charge in [0.15, 0.2) is 0 Å². The lowest BCUT2D eigenvalue weighted by Gasteiger charge is -2.23. The Morgan fingerprint density at radius 1 is 0.435 bits per heavy atom. The molecule has 0 amide bonds. The molecule has 2 aliphatic heterocycles. The Balaban J connectivity index is 0.000000147. The van der Waals surface area contributed by atoms with E-state index in [0.29, 0.717) is 0 Å². The van der Waals surface area contributed by atoms with Gasteiger partial charge in [0.1, 0.15) is 5.82 Å². The summed E-state index contributed by atoms with van der Waals surface area (Å²) >= 11 is 0. The van der Waals surface area contributed by atoms with Crippen molar-refractivity contribution in [1.29, 1.82) is 0 Å². The maximum absolute atomic E-state index is 4.87. The van der Waals surface area contributed by atoms with Crippen LogP contribution in [0.4, 0.5) is 11.5 Å². The second-order valence-electron chi connectivity index (χ2n) is 11.1. The quantitative estimate of drug-likeness (QED) is 0.192. The molecule has 224 valence electrons. The van der Waals surface area contributed by atoms with Gasteiger partial charge >= 0.3 is 0 Å². The van der Waals surface area contributed by atoms with E-state index in [1.54, 1.807) is 0 Å². The fraction of sp³-hybridized carbons (Fsp3) is 0.100. The maximum Gasteiger partial charge on any atom is 0.149 e. The third-order valence-electron chi connectivity index (χ3n) is 8.16. The molecule has 6 nitrogen and oxygen atoms in total.